The molecule has 0 unspecified atom stereocenters. The number of aromatic nitrogens is 2. The molecular weight excluding hydrogens is 234 g/mol. The monoisotopic (exact) mass is 257 g/mol. The number of fused-ring (bicyclic) bond motifs is 1. The average molecular weight is 257 g/mol. The van der Waals surface area contributed by atoms with E-state index in [1.54, 1.807) is 0 Å². The Morgan fingerprint density at radius 2 is 2.05 bits per heavy atom. The van der Waals surface area contributed by atoms with Crippen LogP contribution in [-0.2, 0) is 6.42 Å². The summed E-state index contributed by atoms with van der Waals surface area (Å²) in [7, 11) is 0. The van der Waals surface area contributed by atoms with Crippen LogP contribution in [0.15, 0.2) is 30.6 Å². The Labute approximate surface area is 115 Å². The Morgan fingerprint density at radius 1 is 1.26 bits per heavy atom. The highest BCUT2D eigenvalue weighted by Crippen LogP contribution is 2.22. The minimum absolute atomic E-state index is 0.691. The van der Waals surface area contributed by atoms with Crippen LogP contribution in [0.2, 0.25) is 0 Å². The van der Waals surface area contributed by atoms with Crippen molar-refractivity contribution in [1.29, 1.82) is 0 Å². The molecule has 19 heavy (non-hydrogen) atoms. The lowest BCUT2D eigenvalue weighted by Gasteiger charge is -2.34. The van der Waals surface area contributed by atoms with Gasteiger partial charge in [-0.2, -0.15) is 0 Å². The number of likely N-dealkylation sites (tertiary alicyclic amines) is 1. The zero-order chi connectivity index (χ0) is 13.2. The normalized spacial score (nSPS) is 18.5. The molecular formula is C16H23N3. The van der Waals surface area contributed by atoms with E-state index in [1.807, 2.05) is 6.07 Å². The van der Waals surface area contributed by atoms with Crippen molar-refractivity contribution in [2.24, 2.45) is 5.92 Å². The third-order valence-corrected chi connectivity index (χ3v) is 4.29. The maximum atomic E-state index is 4.71. The van der Waals surface area contributed by atoms with Crippen LogP contribution >= 0.6 is 0 Å². The molecule has 0 aromatic carbocycles. The summed E-state index contributed by atoms with van der Waals surface area (Å²) in [5, 5.41) is 0. The van der Waals surface area contributed by atoms with E-state index in [2.05, 4.69) is 47.7 Å². The number of nitrogens with zero attached hydrogens (tertiary/aromatic N) is 3. The predicted octanol–water partition coefficient (Wildman–Crippen LogP) is 3.00. The highest BCUT2D eigenvalue weighted by molar-refractivity contribution is 5.39. The van der Waals surface area contributed by atoms with Crippen LogP contribution in [0.25, 0.3) is 5.65 Å². The molecule has 1 aliphatic heterocycles. The number of pyridine rings is 1. The highest BCUT2D eigenvalue weighted by atomic mass is 15.1. The van der Waals surface area contributed by atoms with Gasteiger partial charge in [0.1, 0.15) is 5.65 Å². The average Bonchev–Trinajstić information content (AvgIpc) is 2.81. The summed E-state index contributed by atoms with van der Waals surface area (Å²) in [6.45, 7) is 7.08. The summed E-state index contributed by atoms with van der Waals surface area (Å²) in [5.74, 6) is 0.805. The van der Waals surface area contributed by atoms with Gasteiger partial charge in [0.2, 0.25) is 0 Å². The van der Waals surface area contributed by atoms with Crippen LogP contribution < -0.4 is 0 Å². The maximum Gasteiger partial charge on any atom is 0.136 e. The summed E-state index contributed by atoms with van der Waals surface area (Å²) in [5.41, 5.74) is 2.31. The Hall–Kier alpha value is -1.35. The number of hydrogen-bond acceptors (Lipinski definition) is 2. The van der Waals surface area contributed by atoms with E-state index < -0.39 is 0 Å². The first kappa shape index (κ1) is 12.7. The van der Waals surface area contributed by atoms with Gasteiger partial charge in [-0.1, -0.05) is 6.07 Å². The first-order chi connectivity index (χ1) is 9.22. The summed E-state index contributed by atoms with van der Waals surface area (Å²) in [4.78, 5) is 7.29. The van der Waals surface area contributed by atoms with E-state index in [0.29, 0.717) is 6.04 Å². The quantitative estimate of drug-likeness (QED) is 0.842. The molecule has 0 atom stereocenters. The van der Waals surface area contributed by atoms with Crippen molar-refractivity contribution in [3.05, 3.63) is 36.3 Å². The molecule has 3 heteroatoms. The van der Waals surface area contributed by atoms with Crippen molar-refractivity contribution in [1.82, 2.24) is 14.3 Å². The van der Waals surface area contributed by atoms with Crippen molar-refractivity contribution in [3.63, 3.8) is 0 Å². The van der Waals surface area contributed by atoms with Gasteiger partial charge in [-0.3, -0.25) is 0 Å². The molecule has 3 heterocycles. The van der Waals surface area contributed by atoms with Crippen LogP contribution in [-0.4, -0.2) is 33.4 Å². The molecule has 0 radical (unpaired) electrons. The fourth-order valence-electron chi connectivity index (χ4n) is 3.05. The molecule has 0 N–H and O–H groups in total. The molecule has 1 saturated heterocycles. The summed E-state index contributed by atoms with van der Waals surface area (Å²) in [6.07, 6.45) is 8.02. The molecule has 0 aliphatic carbocycles. The fourth-order valence-corrected chi connectivity index (χ4v) is 3.05. The van der Waals surface area contributed by atoms with Gasteiger partial charge in [-0.05, 0) is 64.3 Å². The van der Waals surface area contributed by atoms with Crippen molar-refractivity contribution < 1.29 is 0 Å². The van der Waals surface area contributed by atoms with Gasteiger partial charge >= 0.3 is 0 Å². The van der Waals surface area contributed by atoms with E-state index in [0.717, 1.165) is 18.0 Å². The van der Waals surface area contributed by atoms with Crippen molar-refractivity contribution in [2.45, 2.75) is 39.2 Å². The van der Waals surface area contributed by atoms with Crippen LogP contribution in [0.5, 0.6) is 0 Å². The molecule has 1 aliphatic rings. The largest absolute Gasteiger partial charge is 0.307 e. The number of imidazole rings is 1. The van der Waals surface area contributed by atoms with Crippen LogP contribution in [0.1, 0.15) is 32.4 Å². The van der Waals surface area contributed by atoms with Crippen molar-refractivity contribution in [3.8, 4) is 0 Å². The van der Waals surface area contributed by atoms with Gasteiger partial charge in [0.25, 0.3) is 0 Å². The lowest BCUT2D eigenvalue weighted by molar-refractivity contribution is 0.149. The summed E-state index contributed by atoms with van der Waals surface area (Å²) >= 11 is 0. The highest BCUT2D eigenvalue weighted by Gasteiger charge is 2.21. The van der Waals surface area contributed by atoms with E-state index >= 15 is 0 Å². The fraction of sp³-hybridized carbons (Fsp3) is 0.562. The topological polar surface area (TPSA) is 20.5 Å². The molecule has 0 spiro atoms. The number of rotatable bonds is 3. The van der Waals surface area contributed by atoms with E-state index in [9.17, 15) is 0 Å². The third-order valence-electron chi connectivity index (χ3n) is 4.29. The third kappa shape index (κ3) is 2.81. The van der Waals surface area contributed by atoms with E-state index in [-0.39, 0.29) is 0 Å². The maximum absolute atomic E-state index is 4.71. The smallest absolute Gasteiger partial charge is 0.136 e. The van der Waals surface area contributed by atoms with Crippen LogP contribution in [0.3, 0.4) is 0 Å². The molecule has 0 saturated carbocycles. The van der Waals surface area contributed by atoms with Gasteiger partial charge in [0, 0.05) is 18.4 Å². The zero-order valence-corrected chi connectivity index (χ0v) is 11.9. The lowest BCUT2D eigenvalue weighted by atomic mass is 9.92. The summed E-state index contributed by atoms with van der Waals surface area (Å²) in [6, 6.07) is 6.87. The lowest BCUT2D eigenvalue weighted by Crippen LogP contribution is -2.38. The molecule has 0 bridgehead atoms. The molecule has 2 aromatic heterocycles. The number of piperidine rings is 1. The SMILES string of the molecule is CC(C)N1CCC(Cc2cn3ccccc3n2)CC1. The molecule has 102 valence electrons. The van der Waals surface area contributed by atoms with Crippen molar-refractivity contribution in [2.75, 3.05) is 13.1 Å². The predicted molar refractivity (Wildman–Crippen MR) is 78.3 cm³/mol. The van der Waals surface area contributed by atoms with Gasteiger partial charge in [-0.15, -0.1) is 0 Å². The second-order valence-electron chi connectivity index (χ2n) is 5.98. The van der Waals surface area contributed by atoms with Gasteiger partial charge in [-0.25, -0.2) is 4.98 Å². The van der Waals surface area contributed by atoms with Crippen LogP contribution in [0, 0.1) is 5.92 Å². The molecule has 1 fully saturated rings. The van der Waals surface area contributed by atoms with Crippen LogP contribution in [0.4, 0.5) is 0 Å². The minimum Gasteiger partial charge on any atom is -0.307 e. The molecule has 0 amide bonds. The number of hydrogen-bond donors (Lipinski definition) is 0. The summed E-state index contributed by atoms with van der Waals surface area (Å²) < 4.78 is 2.12. The Balaban J connectivity index is 1.63. The Bertz CT molecular complexity index is 503. The first-order valence-corrected chi connectivity index (χ1v) is 7.39. The second-order valence-corrected chi connectivity index (χ2v) is 5.98. The van der Waals surface area contributed by atoms with Gasteiger partial charge in [0.05, 0.1) is 5.69 Å². The standard InChI is InChI=1S/C16H23N3/c1-13(2)18-9-6-14(7-10-18)11-15-12-19-8-4-3-5-16(19)17-15/h3-5,8,12-14H,6-7,9-11H2,1-2H3. The van der Waals surface area contributed by atoms with E-state index in [4.69, 9.17) is 4.98 Å². The van der Waals surface area contributed by atoms with Gasteiger partial charge in [0.15, 0.2) is 0 Å². The Morgan fingerprint density at radius 3 is 2.74 bits per heavy atom. The minimum atomic E-state index is 0.691. The van der Waals surface area contributed by atoms with Gasteiger partial charge < -0.3 is 9.30 Å². The Kier molecular flexibility index (Phi) is 3.56. The zero-order valence-electron chi connectivity index (χ0n) is 11.9. The molecule has 3 rings (SSSR count). The van der Waals surface area contributed by atoms with E-state index in [1.165, 1.54) is 31.6 Å². The second kappa shape index (κ2) is 5.33. The van der Waals surface area contributed by atoms with Crippen molar-refractivity contribution >= 4 is 5.65 Å². The first-order valence-electron chi connectivity index (χ1n) is 7.39. The molecule has 3 nitrogen and oxygen atoms in total. The molecule has 2 aromatic rings.